The maximum atomic E-state index is 10.8. The summed E-state index contributed by atoms with van der Waals surface area (Å²) in [6, 6.07) is 16.3. The van der Waals surface area contributed by atoms with E-state index in [9.17, 15) is 10.1 Å². The van der Waals surface area contributed by atoms with Gasteiger partial charge < -0.3 is 10.6 Å². The Morgan fingerprint density at radius 2 is 1.68 bits per heavy atom. The van der Waals surface area contributed by atoms with Crippen LogP contribution in [0.5, 0.6) is 0 Å². The predicted octanol–water partition coefficient (Wildman–Crippen LogP) is 7.69. The second-order valence-electron chi connectivity index (χ2n) is 8.23. The normalized spacial score (nSPS) is 17.5. The maximum Gasteiger partial charge on any atom is 0.269 e. The van der Waals surface area contributed by atoms with Crippen molar-refractivity contribution in [3.8, 4) is 0 Å². The first-order valence-corrected chi connectivity index (χ1v) is 10.8. The van der Waals surface area contributed by atoms with Crippen LogP contribution < -0.4 is 10.6 Å². The van der Waals surface area contributed by atoms with Gasteiger partial charge in [-0.05, 0) is 50.1 Å². The van der Waals surface area contributed by atoms with Crippen LogP contribution in [-0.2, 0) is 0 Å². The number of nitrogens with zero attached hydrogens (tertiary/aromatic N) is 3. The molecule has 0 aromatic heterocycles. The van der Waals surface area contributed by atoms with Gasteiger partial charge in [-0.25, -0.2) is 0 Å². The molecule has 1 atom stereocenters. The summed E-state index contributed by atoms with van der Waals surface area (Å²) >= 11 is 0. The zero-order valence-electron chi connectivity index (χ0n) is 17.9. The molecule has 3 aromatic rings. The van der Waals surface area contributed by atoms with Gasteiger partial charge in [0.25, 0.3) is 5.69 Å². The number of hydrogen-bond donors (Lipinski definition) is 2. The van der Waals surface area contributed by atoms with Gasteiger partial charge in [-0.3, -0.25) is 10.1 Å². The molecule has 31 heavy (non-hydrogen) atoms. The first kappa shape index (κ1) is 20.8. The number of unbranched alkanes of at least 4 members (excludes halogenated alkanes) is 3. The molecule has 7 heteroatoms. The standard InChI is InChI=1S/C24H27N5O2/c1-3-4-5-6-16-24(2)25-21-9-7-8-19-20(14-15-22(26-24)23(19)21)28-27-17-10-12-18(13-11-17)29(30)31/h7-15,25-26H,3-6,16H2,1-2H3. The van der Waals surface area contributed by atoms with Crippen LogP contribution in [0, 0.1) is 10.1 Å². The first-order valence-electron chi connectivity index (χ1n) is 10.8. The summed E-state index contributed by atoms with van der Waals surface area (Å²) in [6.45, 7) is 4.44. The molecule has 0 amide bonds. The van der Waals surface area contributed by atoms with E-state index in [1.165, 1.54) is 37.8 Å². The van der Waals surface area contributed by atoms with Gasteiger partial charge in [0.1, 0.15) is 5.66 Å². The van der Waals surface area contributed by atoms with Gasteiger partial charge in [0.2, 0.25) is 0 Å². The summed E-state index contributed by atoms with van der Waals surface area (Å²) in [5.41, 5.74) is 3.37. The summed E-state index contributed by atoms with van der Waals surface area (Å²) in [6.07, 6.45) is 5.97. The molecule has 2 N–H and O–H groups in total. The minimum absolute atomic E-state index is 0.0374. The van der Waals surface area contributed by atoms with Gasteiger partial charge in [-0.2, -0.15) is 5.11 Å². The molecule has 1 aliphatic heterocycles. The second-order valence-corrected chi connectivity index (χ2v) is 8.23. The molecule has 3 aromatic carbocycles. The van der Waals surface area contributed by atoms with Crippen LogP contribution in [0.3, 0.4) is 0 Å². The van der Waals surface area contributed by atoms with Gasteiger partial charge in [0, 0.05) is 34.3 Å². The quantitative estimate of drug-likeness (QED) is 0.170. The van der Waals surface area contributed by atoms with Crippen LogP contribution in [-0.4, -0.2) is 10.6 Å². The lowest BCUT2D eigenvalue weighted by molar-refractivity contribution is -0.384. The van der Waals surface area contributed by atoms with Gasteiger partial charge in [0.05, 0.1) is 16.3 Å². The molecule has 0 saturated heterocycles. The summed E-state index contributed by atoms with van der Waals surface area (Å²) in [4.78, 5) is 10.4. The zero-order chi connectivity index (χ0) is 21.8. The van der Waals surface area contributed by atoms with E-state index in [0.29, 0.717) is 5.69 Å². The number of nitro groups is 1. The fourth-order valence-corrected chi connectivity index (χ4v) is 4.10. The van der Waals surface area contributed by atoms with Crippen LogP contribution in [0.15, 0.2) is 64.8 Å². The molecule has 0 aliphatic carbocycles. The molecule has 0 fully saturated rings. The Morgan fingerprint density at radius 1 is 0.935 bits per heavy atom. The van der Waals surface area contributed by atoms with Crippen LogP contribution in [0.25, 0.3) is 10.8 Å². The topological polar surface area (TPSA) is 91.9 Å². The lowest BCUT2D eigenvalue weighted by atomic mass is 9.95. The number of anilines is 2. The molecular weight excluding hydrogens is 390 g/mol. The smallest absolute Gasteiger partial charge is 0.269 e. The van der Waals surface area contributed by atoms with Crippen molar-refractivity contribution in [2.75, 3.05) is 10.6 Å². The number of nitrogens with one attached hydrogen (secondary N) is 2. The van der Waals surface area contributed by atoms with Gasteiger partial charge in [0.15, 0.2) is 0 Å². The molecule has 1 aliphatic rings. The Bertz CT molecular complexity index is 1110. The predicted molar refractivity (Wildman–Crippen MR) is 126 cm³/mol. The van der Waals surface area contributed by atoms with Crippen molar-refractivity contribution in [2.45, 2.75) is 51.6 Å². The first-order chi connectivity index (χ1) is 15.0. The van der Waals surface area contributed by atoms with Crippen LogP contribution in [0.2, 0.25) is 0 Å². The molecule has 0 radical (unpaired) electrons. The number of azo groups is 1. The molecule has 0 bridgehead atoms. The van der Waals surface area contributed by atoms with E-state index in [1.807, 2.05) is 18.2 Å². The minimum Gasteiger partial charge on any atom is -0.363 e. The van der Waals surface area contributed by atoms with E-state index in [2.05, 4.69) is 46.8 Å². The molecule has 4 rings (SSSR count). The van der Waals surface area contributed by atoms with Gasteiger partial charge in [-0.1, -0.05) is 38.3 Å². The molecule has 1 unspecified atom stereocenters. The number of nitro benzene ring substituents is 1. The largest absolute Gasteiger partial charge is 0.363 e. The van der Waals surface area contributed by atoms with E-state index >= 15 is 0 Å². The Kier molecular flexibility index (Phi) is 5.84. The van der Waals surface area contributed by atoms with E-state index in [1.54, 1.807) is 12.1 Å². The van der Waals surface area contributed by atoms with Crippen molar-refractivity contribution in [3.05, 3.63) is 64.7 Å². The fourth-order valence-electron chi connectivity index (χ4n) is 4.10. The Hall–Kier alpha value is -3.48. The van der Waals surface area contributed by atoms with Gasteiger partial charge >= 0.3 is 0 Å². The Morgan fingerprint density at radius 3 is 2.39 bits per heavy atom. The number of rotatable bonds is 8. The molecule has 0 spiro atoms. The summed E-state index contributed by atoms with van der Waals surface area (Å²) in [5, 5.41) is 29.0. The van der Waals surface area contributed by atoms with Crippen molar-refractivity contribution < 1.29 is 4.92 Å². The summed E-state index contributed by atoms with van der Waals surface area (Å²) < 4.78 is 0. The maximum absolute atomic E-state index is 10.8. The van der Waals surface area contributed by atoms with Crippen molar-refractivity contribution in [2.24, 2.45) is 10.2 Å². The summed E-state index contributed by atoms with van der Waals surface area (Å²) in [7, 11) is 0. The fraction of sp³-hybridized carbons (Fsp3) is 0.333. The van der Waals surface area contributed by atoms with Crippen molar-refractivity contribution in [1.29, 1.82) is 0 Å². The lowest BCUT2D eigenvalue weighted by Crippen LogP contribution is -2.45. The van der Waals surface area contributed by atoms with Gasteiger partial charge in [-0.15, -0.1) is 5.11 Å². The van der Waals surface area contributed by atoms with E-state index in [0.717, 1.165) is 34.3 Å². The average molecular weight is 418 g/mol. The second kappa shape index (κ2) is 8.71. The van der Waals surface area contributed by atoms with Crippen LogP contribution in [0.1, 0.15) is 46.0 Å². The Balaban J connectivity index is 1.59. The number of hydrogen-bond acceptors (Lipinski definition) is 6. The summed E-state index contributed by atoms with van der Waals surface area (Å²) in [5.74, 6) is 0. The van der Waals surface area contributed by atoms with Crippen LogP contribution >= 0.6 is 0 Å². The number of non-ortho nitro benzene ring substituents is 1. The van der Waals surface area contributed by atoms with E-state index in [4.69, 9.17) is 0 Å². The highest BCUT2D eigenvalue weighted by atomic mass is 16.6. The third kappa shape index (κ3) is 4.50. The minimum atomic E-state index is -0.426. The molecule has 160 valence electrons. The molecule has 1 heterocycles. The monoisotopic (exact) mass is 417 g/mol. The van der Waals surface area contributed by atoms with Crippen molar-refractivity contribution in [3.63, 3.8) is 0 Å². The third-order valence-electron chi connectivity index (χ3n) is 5.70. The highest BCUT2D eigenvalue weighted by Crippen LogP contribution is 2.43. The zero-order valence-corrected chi connectivity index (χ0v) is 17.9. The number of benzene rings is 3. The average Bonchev–Trinajstić information content (AvgIpc) is 2.76. The SMILES string of the molecule is CCCCCCC1(C)Nc2cccc3c(N=Nc4ccc([N+](=O)[O-])cc4)ccc(c23)N1. The highest BCUT2D eigenvalue weighted by molar-refractivity contribution is 6.09. The van der Waals surface area contributed by atoms with Crippen molar-refractivity contribution >= 4 is 39.2 Å². The van der Waals surface area contributed by atoms with E-state index in [-0.39, 0.29) is 11.4 Å². The third-order valence-corrected chi connectivity index (χ3v) is 5.70. The molecule has 7 nitrogen and oxygen atoms in total. The van der Waals surface area contributed by atoms with E-state index < -0.39 is 4.92 Å². The van der Waals surface area contributed by atoms with Crippen LogP contribution in [0.4, 0.5) is 28.4 Å². The molecular formula is C24H27N5O2. The highest BCUT2D eigenvalue weighted by Gasteiger charge is 2.29. The Labute approximate surface area is 181 Å². The van der Waals surface area contributed by atoms with Crippen molar-refractivity contribution in [1.82, 2.24) is 0 Å². The molecule has 0 saturated carbocycles. The lowest BCUT2D eigenvalue weighted by Gasteiger charge is -2.39.